The predicted molar refractivity (Wildman–Crippen MR) is 79.6 cm³/mol. The predicted octanol–water partition coefficient (Wildman–Crippen LogP) is 2.42. The fourth-order valence-corrected chi connectivity index (χ4v) is 1.87. The normalized spacial score (nSPS) is 10.0. The summed E-state index contributed by atoms with van der Waals surface area (Å²) in [7, 11) is 1.55. The molecule has 0 aliphatic carbocycles. The van der Waals surface area contributed by atoms with Crippen molar-refractivity contribution >= 4 is 5.91 Å². The minimum Gasteiger partial charge on any atom is -0.493 e. The van der Waals surface area contributed by atoms with Crippen molar-refractivity contribution in [1.82, 2.24) is 10.3 Å². The molecule has 21 heavy (non-hydrogen) atoms. The average molecular weight is 286 g/mol. The lowest BCUT2D eigenvalue weighted by atomic mass is 10.2. The first-order valence-corrected chi connectivity index (χ1v) is 6.72. The Kier molecular flexibility index (Phi) is 5.15. The molecular weight excluding hydrogens is 268 g/mol. The molecule has 5 heteroatoms. The van der Waals surface area contributed by atoms with E-state index in [-0.39, 0.29) is 5.91 Å². The van der Waals surface area contributed by atoms with Crippen LogP contribution in [-0.2, 0) is 6.54 Å². The van der Waals surface area contributed by atoms with Crippen LogP contribution in [0.25, 0.3) is 0 Å². The topological polar surface area (TPSA) is 60.5 Å². The van der Waals surface area contributed by atoms with Gasteiger partial charge in [-0.05, 0) is 36.8 Å². The van der Waals surface area contributed by atoms with Crippen LogP contribution in [0.15, 0.2) is 42.7 Å². The van der Waals surface area contributed by atoms with Crippen LogP contribution < -0.4 is 14.8 Å². The Hall–Kier alpha value is -2.56. The molecular formula is C16H18N2O3. The summed E-state index contributed by atoms with van der Waals surface area (Å²) in [5, 5.41) is 2.84. The van der Waals surface area contributed by atoms with E-state index >= 15 is 0 Å². The monoisotopic (exact) mass is 286 g/mol. The van der Waals surface area contributed by atoms with E-state index in [1.54, 1.807) is 37.7 Å². The zero-order valence-corrected chi connectivity index (χ0v) is 12.1. The summed E-state index contributed by atoms with van der Waals surface area (Å²) in [5.74, 6) is 1.01. The van der Waals surface area contributed by atoms with Crippen molar-refractivity contribution in [2.24, 2.45) is 0 Å². The van der Waals surface area contributed by atoms with E-state index in [1.165, 1.54) is 0 Å². The second-order valence-electron chi connectivity index (χ2n) is 4.34. The Labute approximate surface area is 123 Å². The van der Waals surface area contributed by atoms with Crippen LogP contribution in [0.1, 0.15) is 22.8 Å². The van der Waals surface area contributed by atoms with Crippen LogP contribution in [0, 0.1) is 0 Å². The van der Waals surface area contributed by atoms with E-state index in [4.69, 9.17) is 9.47 Å². The zero-order chi connectivity index (χ0) is 15.1. The number of hydrogen-bond donors (Lipinski definition) is 1. The third-order valence-electron chi connectivity index (χ3n) is 2.90. The van der Waals surface area contributed by atoms with Crippen LogP contribution >= 0.6 is 0 Å². The summed E-state index contributed by atoms with van der Waals surface area (Å²) >= 11 is 0. The second-order valence-corrected chi connectivity index (χ2v) is 4.34. The average Bonchev–Trinajstić information content (AvgIpc) is 2.54. The van der Waals surface area contributed by atoms with E-state index in [9.17, 15) is 4.79 Å². The molecule has 2 aromatic rings. The summed E-state index contributed by atoms with van der Waals surface area (Å²) in [5.41, 5.74) is 1.47. The van der Waals surface area contributed by atoms with Crippen molar-refractivity contribution in [3.63, 3.8) is 0 Å². The van der Waals surface area contributed by atoms with Gasteiger partial charge in [0.1, 0.15) is 0 Å². The Balaban J connectivity index is 2.05. The molecule has 1 heterocycles. The van der Waals surface area contributed by atoms with Gasteiger partial charge >= 0.3 is 0 Å². The number of methoxy groups -OCH3 is 1. The van der Waals surface area contributed by atoms with Crippen LogP contribution in [0.5, 0.6) is 11.5 Å². The molecule has 0 radical (unpaired) electrons. The maximum atomic E-state index is 12.1. The molecule has 0 spiro atoms. The van der Waals surface area contributed by atoms with E-state index in [1.807, 2.05) is 19.1 Å². The molecule has 1 amide bonds. The number of carbonyl (C=O) groups excluding carboxylic acids is 1. The minimum atomic E-state index is -0.166. The van der Waals surface area contributed by atoms with Crippen molar-refractivity contribution in [3.05, 3.63) is 53.9 Å². The van der Waals surface area contributed by atoms with E-state index in [0.29, 0.717) is 30.2 Å². The van der Waals surface area contributed by atoms with Gasteiger partial charge in [-0.1, -0.05) is 6.07 Å². The van der Waals surface area contributed by atoms with Gasteiger partial charge in [0.15, 0.2) is 11.5 Å². The highest BCUT2D eigenvalue weighted by Crippen LogP contribution is 2.27. The third-order valence-corrected chi connectivity index (χ3v) is 2.90. The number of pyridine rings is 1. The molecule has 0 bridgehead atoms. The lowest BCUT2D eigenvalue weighted by molar-refractivity contribution is 0.0950. The Morgan fingerprint density at radius 2 is 2.14 bits per heavy atom. The van der Waals surface area contributed by atoms with E-state index in [2.05, 4.69) is 10.3 Å². The summed E-state index contributed by atoms with van der Waals surface area (Å²) in [6.45, 7) is 2.87. The number of hydrogen-bond acceptors (Lipinski definition) is 4. The van der Waals surface area contributed by atoms with Crippen molar-refractivity contribution in [1.29, 1.82) is 0 Å². The van der Waals surface area contributed by atoms with Crippen molar-refractivity contribution in [3.8, 4) is 11.5 Å². The van der Waals surface area contributed by atoms with Crippen LogP contribution in [0.4, 0.5) is 0 Å². The van der Waals surface area contributed by atoms with Gasteiger partial charge < -0.3 is 14.8 Å². The lowest BCUT2D eigenvalue weighted by Crippen LogP contribution is -2.22. The number of rotatable bonds is 6. The first-order chi connectivity index (χ1) is 10.2. The van der Waals surface area contributed by atoms with Gasteiger partial charge in [-0.15, -0.1) is 0 Å². The van der Waals surface area contributed by atoms with Crippen molar-refractivity contribution in [2.75, 3.05) is 13.7 Å². The number of carbonyl (C=O) groups is 1. The van der Waals surface area contributed by atoms with Gasteiger partial charge in [-0.2, -0.15) is 0 Å². The fourth-order valence-electron chi connectivity index (χ4n) is 1.87. The Morgan fingerprint density at radius 1 is 1.29 bits per heavy atom. The van der Waals surface area contributed by atoms with E-state index in [0.717, 1.165) is 5.56 Å². The lowest BCUT2D eigenvalue weighted by Gasteiger charge is -2.11. The highest BCUT2D eigenvalue weighted by molar-refractivity contribution is 5.94. The third kappa shape index (κ3) is 3.95. The van der Waals surface area contributed by atoms with Crippen LogP contribution in [0.2, 0.25) is 0 Å². The SMILES string of the molecule is CCOc1ccc(C(=O)NCc2cccnc2)cc1OC. The largest absolute Gasteiger partial charge is 0.493 e. The number of ether oxygens (including phenoxy) is 2. The highest BCUT2D eigenvalue weighted by atomic mass is 16.5. The number of benzene rings is 1. The second kappa shape index (κ2) is 7.28. The van der Waals surface area contributed by atoms with Gasteiger partial charge in [-0.3, -0.25) is 9.78 Å². The van der Waals surface area contributed by atoms with Gasteiger partial charge in [0.2, 0.25) is 0 Å². The minimum absolute atomic E-state index is 0.166. The number of nitrogens with zero attached hydrogens (tertiary/aromatic N) is 1. The molecule has 1 aromatic heterocycles. The molecule has 5 nitrogen and oxygen atoms in total. The summed E-state index contributed by atoms with van der Waals surface area (Å²) in [6, 6.07) is 8.87. The molecule has 2 rings (SSSR count). The summed E-state index contributed by atoms with van der Waals surface area (Å²) < 4.78 is 10.7. The first kappa shape index (κ1) is 14.8. The van der Waals surface area contributed by atoms with Gasteiger partial charge in [0.05, 0.1) is 13.7 Å². The molecule has 0 saturated heterocycles. The quantitative estimate of drug-likeness (QED) is 0.886. The maximum Gasteiger partial charge on any atom is 0.251 e. The molecule has 0 aliphatic heterocycles. The number of aromatic nitrogens is 1. The number of nitrogens with one attached hydrogen (secondary N) is 1. The maximum absolute atomic E-state index is 12.1. The van der Waals surface area contributed by atoms with Gasteiger partial charge in [-0.25, -0.2) is 0 Å². The molecule has 0 saturated carbocycles. The zero-order valence-electron chi connectivity index (χ0n) is 12.1. The van der Waals surface area contributed by atoms with Gasteiger partial charge in [0, 0.05) is 24.5 Å². The molecule has 0 unspecified atom stereocenters. The summed E-state index contributed by atoms with van der Waals surface area (Å²) in [4.78, 5) is 16.1. The van der Waals surface area contributed by atoms with Crippen LogP contribution in [-0.4, -0.2) is 24.6 Å². The molecule has 0 aliphatic rings. The van der Waals surface area contributed by atoms with Crippen molar-refractivity contribution in [2.45, 2.75) is 13.5 Å². The number of amides is 1. The van der Waals surface area contributed by atoms with Crippen LogP contribution in [0.3, 0.4) is 0 Å². The van der Waals surface area contributed by atoms with Crippen molar-refractivity contribution < 1.29 is 14.3 Å². The van der Waals surface area contributed by atoms with E-state index < -0.39 is 0 Å². The highest BCUT2D eigenvalue weighted by Gasteiger charge is 2.10. The summed E-state index contributed by atoms with van der Waals surface area (Å²) in [6.07, 6.45) is 3.42. The Bertz CT molecular complexity index is 600. The molecule has 110 valence electrons. The van der Waals surface area contributed by atoms with Gasteiger partial charge in [0.25, 0.3) is 5.91 Å². The first-order valence-electron chi connectivity index (χ1n) is 6.72. The molecule has 1 N–H and O–H groups in total. The molecule has 1 aromatic carbocycles. The molecule has 0 fully saturated rings. The standard InChI is InChI=1S/C16H18N2O3/c1-3-21-14-7-6-13(9-15(14)20-2)16(19)18-11-12-5-4-8-17-10-12/h4-10H,3,11H2,1-2H3,(H,18,19). The molecule has 0 atom stereocenters. The Morgan fingerprint density at radius 3 is 2.81 bits per heavy atom. The smallest absolute Gasteiger partial charge is 0.251 e. The fraction of sp³-hybridized carbons (Fsp3) is 0.250.